The van der Waals surface area contributed by atoms with Gasteiger partial charge in [0.1, 0.15) is 0 Å². The van der Waals surface area contributed by atoms with E-state index in [1.807, 2.05) is 0 Å². The molecule has 98 valence electrons. The highest BCUT2D eigenvalue weighted by Gasteiger charge is 2.19. The fraction of sp³-hybridized carbons (Fsp3) is 0.333. The molecule has 4 nitrogen and oxygen atoms in total. The van der Waals surface area contributed by atoms with E-state index in [2.05, 4.69) is 36.6 Å². The van der Waals surface area contributed by atoms with Crippen molar-refractivity contribution in [1.82, 2.24) is 0 Å². The van der Waals surface area contributed by atoms with Crippen molar-refractivity contribution in [2.75, 3.05) is 14.2 Å². The second-order valence-electron chi connectivity index (χ2n) is 3.42. The van der Waals surface area contributed by atoms with Crippen molar-refractivity contribution in [1.29, 1.82) is 0 Å². The number of rotatable bonds is 4. The molecular formula is C12H12Br2O4. The minimum atomic E-state index is -0.434. The Hall–Kier alpha value is -0.880. The zero-order chi connectivity index (χ0) is 13.7. The Morgan fingerprint density at radius 1 is 1.00 bits per heavy atom. The van der Waals surface area contributed by atoms with Gasteiger partial charge in [-0.2, -0.15) is 0 Å². The zero-order valence-electron chi connectivity index (χ0n) is 9.96. The third kappa shape index (κ3) is 3.11. The van der Waals surface area contributed by atoms with Crippen LogP contribution in [0.5, 0.6) is 0 Å². The van der Waals surface area contributed by atoms with E-state index < -0.39 is 11.9 Å². The number of hydrogen-bond acceptors (Lipinski definition) is 4. The fourth-order valence-electron chi connectivity index (χ4n) is 1.58. The third-order valence-electron chi connectivity index (χ3n) is 2.40. The highest BCUT2D eigenvalue weighted by atomic mass is 79.9. The first-order chi connectivity index (χ1) is 8.58. The van der Waals surface area contributed by atoms with E-state index in [4.69, 9.17) is 4.74 Å². The van der Waals surface area contributed by atoms with Crippen LogP contribution in [0.15, 0.2) is 12.1 Å². The third-order valence-corrected chi connectivity index (χ3v) is 3.61. The summed E-state index contributed by atoms with van der Waals surface area (Å²) in [4.78, 5) is 23.3. The first-order valence-corrected chi connectivity index (χ1v) is 7.27. The Labute approximate surface area is 122 Å². The van der Waals surface area contributed by atoms with Gasteiger partial charge in [0.15, 0.2) is 0 Å². The largest absolute Gasteiger partial charge is 0.465 e. The maximum atomic E-state index is 11.7. The monoisotopic (exact) mass is 378 g/mol. The molecule has 0 atom stereocenters. The summed E-state index contributed by atoms with van der Waals surface area (Å²) in [6.07, 6.45) is 0. The van der Waals surface area contributed by atoms with E-state index in [1.165, 1.54) is 14.2 Å². The molecule has 0 heterocycles. The number of benzene rings is 1. The molecule has 18 heavy (non-hydrogen) atoms. The Morgan fingerprint density at radius 2 is 1.44 bits per heavy atom. The highest BCUT2D eigenvalue weighted by molar-refractivity contribution is 9.08. The zero-order valence-corrected chi connectivity index (χ0v) is 13.1. The van der Waals surface area contributed by atoms with E-state index >= 15 is 0 Å². The predicted molar refractivity (Wildman–Crippen MR) is 74.4 cm³/mol. The molecule has 0 bridgehead atoms. The smallest absolute Gasteiger partial charge is 0.338 e. The molecule has 0 amide bonds. The normalized spacial score (nSPS) is 10.0. The number of carbonyl (C=O) groups is 2. The van der Waals surface area contributed by atoms with Crippen molar-refractivity contribution >= 4 is 43.8 Å². The van der Waals surface area contributed by atoms with Crippen LogP contribution >= 0.6 is 31.9 Å². The van der Waals surface area contributed by atoms with Gasteiger partial charge in [-0.25, -0.2) is 9.59 Å². The fourth-order valence-corrected chi connectivity index (χ4v) is 2.46. The average molecular weight is 380 g/mol. The number of alkyl halides is 2. The van der Waals surface area contributed by atoms with Crippen molar-refractivity contribution in [2.24, 2.45) is 0 Å². The first-order valence-electron chi connectivity index (χ1n) is 5.03. The lowest BCUT2D eigenvalue weighted by atomic mass is 9.99. The van der Waals surface area contributed by atoms with Gasteiger partial charge in [0.05, 0.1) is 25.3 Å². The number of ether oxygens (including phenoxy) is 2. The molecule has 0 spiro atoms. The van der Waals surface area contributed by atoms with Crippen LogP contribution in [0.4, 0.5) is 0 Å². The quantitative estimate of drug-likeness (QED) is 0.596. The first kappa shape index (κ1) is 15.2. The minimum absolute atomic E-state index is 0.411. The number of esters is 2. The predicted octanol–water partition coefficient (Wildman–Crippen LogP) is 3.05. The summed E-state index contributed by atoms with van der Waals surface area (Å²) < 4.78 is 9.43. The van der Waals surface area contributed by atoms with Gasteiger partial charge in [-0.05, 0) is 23.3 Å². The maximum absolute atomic E-state index is 11.7. The van der Waals surface area contributed by atoms with Gasteiger partial charge >= 0.3 is 11.9 Å². The molecular weight excluding hydrogens is 368 g/mol. The van der Waals surface area contributed by atoms with Gasteiger partial charge in [0.2, 0.25) is 0 Å². The Balaban J connectivity index is 3.43. The number of hydrogen-bond donors (Lipinski definition) is 0. The van der Waals surface area contributed by atoms with Crippen LogP contribution in [-0.2, 0) is 20.1 Å². The van der Waals surface area contributed by atoms with Crippen molar-refractivity contribution < 1.29 is 19.1 Å². The van der Waals surface area contributed by atoms with Gasteiger partial charge in [0, 0.05) is 10.7 Å². The van der Waals surface area contributed by atoms with Crippen LogP contribution in [0, 0.1) is 0 Å². The second kappa shape index (κ2) is 6.89. The van der Waals surface area contributed by atoms with Gasteiger partial charge in [-0.15, -0.1) is 0 Å². The number of carbonyl (C=O) groups excluding carboxylic acids is 2. The molecule has 0 aromatic heterocycles. The molecule has 1 rings (SSSR count). The Kier molecular flexibility index (Phi) is 5.81. The summed E-state index contributed by atoms with van der Waals surface area (Å²) in [7, 11) is 2.64. The maximum Gasteiger partial charge on any atom is 0.338 e. The summed E-state index contributed by atoms with van der Waals surface area (Å²) in [5, 5.41) is 0.893. The van der Waals surface area contributed by atoms with E-state index in [0.717, 1.165) is 0 Å². The molecule has 0 radical (unpaired) electrons. The average Bonchev–Trinajstić information content (AvgIpc) is 2.43. The van der Waals surface area contributed by atoms with Gasteiger partial charge in [0.25, 0.3) is 0 Å². The summed E-state index contributed by atoms with van der Waals surface area (Å²) in [5.74, 6) is -0.855. The van der Waals surface area contributed by atoms with Crippen molar-refractivity contribution in [3.05, 3.63) is 34.4 Å². The highest BCUT2D eigenvalue weighted by Crippen LogP contribution is 2.24. The molecule has 0 aliphatic carbocycles. The topological polar surface area (TPSA) is 52.6 Å². The van der Waals surface area contributed by atoms with E-state index in [1.54, 1.807) is 12.1 Å². The summed E-state index contributed by atoms with van der Waals surface area (Å²) >= 11 is 6.60. The molecule has 0 aliphatic rings. The lowest BCUT2D eigenvalue weighted by Crippen LogP contribution is -2.11. The van der Waals surface area contributed by atoms with Crippen LogP contribution in [0.3, 0.4) is 0 Å². The lowest BCUT2D eigenvalue weighted by molar-refractivity contribution is 0.0585. The van der Waals surface area contributed by atoms with E-state index in [0.29, 0.717) is 32.9 Å². The van der Waals surface area contributed by atoms with Crippen molar-refractivity contribution in [3.8, 4) is 0 Å². The van der Waals surface area contributed by atoms with Gasteiger partial charge in [-0.3, -0.25) is 0 Å². The molecule has 0 N–H and O–H groups in total. The van der Waals surface area contributed by atoms with Crippen LogP contribution in [0.1, 0.15) is 31.8 Å². The molecule has 0 aliphatic heterocycles. The summed E-state index contributed by atoms with van der Waals surface area (Å²) in [5.41, 5.74) is 2.27. The molecule has 6 heteroatoms. The molecule has 0 fully saturated rings. The Bertz CT molecular complexity index is 446. The summed E-state index contributed by atoms with van der Waals surface area (Å²) in [6, 6.07) is 3.25. The number of methoxy groups -OCH3 is 2. The van der Waals surface area contributed by atoms with Gasteiger partial charge < -0.3 is 9.47 Å². The van der Waals surface area contributed by atoms with Crippen molar-refractivity contribution in [2.45, 2.75) is 10.7 Å². The lowest BCUT2D eigenvalue weighted by Gasteiger charge is -2.12. The summed E-state index contributed by atoms with van der Waals surface area (Å²) in [6.45, 7) is 0. The van der Waals surface area contributed by atoms with Gasteiger partial charge in [-0.1, -0.05) is 31.9 Å². The molecule has 0 saturated carbocycles. The number of halogens is 2. The standard InChI is InChI=1S/C12H12Br2O4/c1-17-11(15)7-3-8(5-13)10(12(16)18-2)9(4-7)6-14/h3-4H,5-6H2,1-2H3. The van der Waals surface area contributed by atoms with E-state index in [-0.39, 0.29) is 0 Å². The molecule has 1 aromatic rings. The van der Waals surface area contributed by atoms with Crippen molar-refractivity contribution in [3.63, 3.8) is 0 Å². The van der Waals surface area contributed by atoms with Crippen LogP contribution < -0.4 is 0 Å². The van der Waals surface area contributed by atoms with Crippen LogP contribution in [-0.4, -0.2) is 26.2 Å². The molecule has 1 aromatic carbocycles. The van der Waals surface area contributed by atoms with E-state index in [9.17, 15) is 9.59 Å². The minimum Gasteiger partial charge on any atom is -0.465 e. The van der Waals surface area contributed by atoms with Crippen LogP contribution in [0.2, 0.25) is 0 Å². The molecule has 0 unspecified atom stereocenters. The Morgan fingerprint density at radius 3 is 1.78 bits per heavy atom. The van der Waals surface area contributed by atoms with Crippen LogP contribution in [0.25, 0.3) is 0 Å². The SMILES string of the molecule is COC(=O)c1cc(CBr)c(C(=O)OC)c(CBr)c1. The second-order valence-corrected chi connectivity index (χ2v) is 4.54. The molecule has 0 saturated heterocycles.